The molecule has 2 aliphatic rings. The van der Waals surface area contributed by atoms with Crippen molar-refractivity contribution in [2.75, 3.05) is 38.0 Å². The highest BCUT2D eigenvalue weighted by Gasteiger charge is 2.37. The third-order valence-electron chi connectivity index (χ3n) is 8.65. The minimum absolute atomic E-state index is 0.00700. The van der Waals surface area contributed by atoms with E-state index in [9.17, 15) is 22.5 Å². The predicted octanol–water partition coefficient (Wildman–Crippen LogP) is 8.64. The van der Waals surface area contributed by atoms with Gasteiger partial charge >= 0.3 is 13.8 Å². The number of halogens is 3. The van der Waals surface area contributed by atoms with Crippen LogP contribution in [0.4, 0.5) is 36.3 Å². The van der Waals surface area contributed by atoms with E-state index in [2.05, 4.69) is 27.5 Å². The van der Waals surface area contributed by atoms with Crippen molar-refractivity contribution >= 4 is 36.6 Å². The van der Waals surface area contributed by atoms with Crippen molar-refractivity contribution in [3.05, 3.63) is 64.3 Å². The van der Waals surface area contributed by atoms with Crippen molar-refractivity contribution in [1.82, 2.24) is 14.9 Å². The molecule has 254 valence electrons. The number of carbonyl (C=O) groups excluding carboxylic acids is 1. The fourth-order valence-corrected chi connectivity index (χ4v) is 8.00. The Morgan fingerprint density at radius 3 is 2.34 bits per heavy atom. The molecular weight excluding hydrogens is 634 g/mol. The maximum absolute atomic E-state index is 14.2. The van der Waals surface area contributed by atoms with Gasteiger partial charge in [-0.2, -0.15) is 18.2 Å². The van der Waals surface area contributed by atoms with E-state index in [0.29, 0.717) is 47.1 Å². The smallest absolute Gasteiger partial charge is 0.421 e. The van der Waals surface area contributed by atoms with E-state index in [0.717, 1.165) is 36.8 Å². The lowest BCUT2D eigenvalue weighted by atomic mass is 9.77. The van der Waals surface area contributed by atoms with Crippen LogP contribution in [-0.2, 0) is 32.5 Å². The lowest BCUT2D eigenvalue weighted by Gasteiger charge is -2.28. The summed E-state index contributed by atoms with van der Waals surface area (Å²) in [4.78, 5) is 23.0. The molecule has 1 fully saturated rings. The monoisotopic (exact) mass is 675 g/mol. The summed E-state index contributed by atoms with van der Waals surface area (Å²) in [5.41, 5.74) is 2.48. The maximum atomic E-state index is 14.2. The minimum Gasteiger partial charge on any atom is -0.495 e. The number of benzene rings is 2. The second-order valence-corrected chi connectivity index (χ2v) is 14.1. The highest BCUT2D eigenvalue weighted by Crippen LogP contribution is 2.52. The van der Waals surface area contributed by atoms with Gasteiger partial charge in [0.15, 0.2) is 0 Å². The van der Waals surface area contributed by atoms with Gasteiger partial charge in [-0.15, -0.1) is 0 Å². The summed E-state index contributed by atoms with van der Waals surface area (Å²) in [6.45, 7) is 6.52. The molecule has 2 heterocycles. The lowest BCUT2D eigenvalue weighted by molar-refractivity contribution is -0.137. The first kappa shape index (κ1) is 34.7. The van der Waals surface area contributed by atoms with Crippen LogP contribution in [-0.4, -0.2) is 48.1 Å². The standard InChI is InChI=1S/C33H41F3N5O5P/c1-6-45-47(43,46-7-2)19-21-10-14-26(28(16-21)44-5)39-32-37-17-25(33(34,35)36)30(40-32)38-27-15-13-23(22-11-8-20(3)9-12-22)24-18-41(4)31(42)29(24)27/h10,13-17,20,22H,6-9,11-12,18-19H2,1-5H3,(H2,37,38,39,40). The molecule has 2 aromatic carbocycles. The van der Waals surface area contributed by atoms with Crippen molar-refractivity contribution in [3.63, 3.8) is 0 Å². The second kappa shape index (κ2) is 14.2. The van der Waals surface area contributed by atoms with E-state index in [4.69, 9.17) is 13.8 Å². The van der Waals surface area contributed by atoms with Crippen LogP contribution in [0.3, 0.4) is 0 Å². The predicted molar refractivity (Wildman–Crippen MR) is 174 cm³/mol. The van der Waals surface area contributed by atoms with Crippen molar-refractivity contribution in [3.8, 4) is 5.75 Å². The molecule has 1 aliphatic carbocycles. The highest BCUT2D eigenvalue weighted by molar-refractivity contribution is 7.53. The van der Waals surface area contributed by atoms with Crippen molar-refractivity contribution in [2.45, 2.75) is 71.3 Å². The summed E-state index contributed by atoms with van der Waals surface area (Å²) in [5.74, 6) is 0.401. The van der Waals surface area contributed by atoms with Crippen LogP contribution < -0.4 is 15.4 Å². The molecule has 10 nitrogen and oxygen atoms in total. The average Bonchev–Trinajstić information content (AvgIpc) is 3.32. The van der Waals surface area contributed by atoms with Crippen LogP contribution in [0.25, 0.3) is 0 Å². The summed E-state index contributed by atoms with van der Waals surface area (Å²) in [7, 11) is -0.261. The Hall–Kier alpha value is -3.67. The number of nitrogens with one attached hydrogen (secondary N) is 2. The zero-order valence-corrected chi connectivity index (χ0v) is 28.1. The molecule has 14 heteroatoms. The molecule has 0 unspecified atom stereocenters. The molecule has 0 saturated heterocycles. The summed E-state index contributed by atoms with van der Waals surface area (Å²) in [6, 6.07) is 8.55. The van der Waals surface area contributed by atoms with E-state index in [-0.39, 0.29) is 36.9 Å². The molecule has 5 rings (SSSR count). The van der Waals surface area contributed by atoms with Gasteiger partial charge in [-0.3, -0.25) is 9.36 Å². The van der Waals surface area contributed by atoms with Crippen molar-refractivity contribution in [2.24, 2.45) is 5.92 Å². The zero-order valence-electron chi connectivity index (χ0n) is 27.2. The minimum atomic E-state index is -4.77. The van der Waals surface area contributed by atoms with Gasteiger partial charge in [0, 0.05) is 19.8 Å². The fraction of sp³-hybridized carbons (Fsp3) is 0.485. The van der Waals surface area contributed by atoms with Gasteiger partial charge in [0.25, 0.3) is 5.91 Å². The Morgan fingerprint density at radius 2 is 1.70 bits per heavy atom. The lowest BCUT2D eigenvalue weighted by Crippen LogP contribution is -2.18. The van der Waals surface area contributed by atoms with Crippen LogP contribution in [0.2, 0.25) is 0 Å². The second-order valence-electron chi connectivity index (χ2n) is 12.0. The molecule has 1 aromatic heterocycles. The maximum Gasteiger partial charge on any atom is 0.421 e. The zero-order chi connectivity index (χ0) is 33.9. The molecule has 0 atom stereocenters. The number of hydrogen-bond donors (Lipinski definition) is 2. The van der Waals surface area contributed by atoms with E-state index in [1.807, 2.05) is 6.07 Å². The summed E-state index contributed by atoms with van der Waals surface area (Å²) >= 11 is 0. The third-order valence-corrected chi connectivity index (χ3v) is 10.7. The summed E-state index contributed by atoms with van der Waals surface area (Å²) in [6.07, 6.45) is 0.170. The molecule has 1 saturated carbocycles. The Labute approximate surface area is 272 Å². The topological polar surface area (TPSA) is 115 Å². The van der Waals surface area contributed by atoms with E-state index >= 15 is 0 Å². The average molecular weight is 676 g/mol. The van der Waals surface area contributed by atoms with Gasteiger partial charge in [0.1, 0.15) is 17.1 Å². The van der Waals surface area contributed by atoms with E-state index in [1.165, 1.54) is 7.11 Å². The Morgan fingerprint density at radius 1 is 1.02 bits per heavy atom. The van der Waals surface area contributed by atoms with Crippen LogP contribution in [0.5, 0.6) is 5.75 Å². The number of carbonyl (C=O) groups is 1. The summed E-state index contributed by atoms with van der Waals surface area (Å²) < 4.78 is 71.9. The number of amides is 1. The first-order valence-corrected chi connectivity index (χ1v) is 17.5. The molecular formula is C33H41F3N5O5P. The number of methoxy groups -OCH3 is 1. The molecule has 0 bridgehead atoms. The van der Waals surface area contributed by atoms with Crippen LogP contribution in [0.1, 0.15) is 85.0 Å². The van der Waals surface area contributed by atoms with Crippen molar-refractivity contribution in [1.29, 1.82) is 0 Å². The number of rotatable bonds is 12. The number of alkyl halides is 3. The van der Waals surface area contributed by atoms with E-state index < -0.39 is 25.2 Å². The fourth-order valence-electron chi connectivity index (χ4n) is 6.31. The van der Waals surface area contributed by atoms with E-state index in [1.54, 1.807) is 50.1 Å². The summed E-state index contributed by atoms with van der Waals surface area (Å²) in [5, 5.41) is 5.76. The largest absolute Gasteiger partial charge is 0.495 e. The normalized spacial score (nSPS) is 18.3. The molecule has 2 N–H and O–H groups in total. The molecule has 47 heavy (non-hydrogen) atoms. The van der Waals surface area contributed by atoms with Gasteiger partial charge in [0.2, 0.25) is 5.95 Å². The third kappa shape index (κ3) is 7.74. The Kier molecular flexibility index (Phi) is 10.5. The Balaban J connectivity index is 1.46. The van der Waals surface area contributed by atoms with Crippen molar-refractivity contribution < 1.29 is 36.3 Å². The molecule has 0 spiro atoms. The number of hydrogen-bond acceptors (Lipinski definition) is 9. The number of aromatic nitrogens is 2. The number of anilines is 4. The molecule has 3 aromatic rings. The number of nitrogens with zero attached hydrogens (tertiary/aromatic N) is 3. The first-order valence-electron chi connectivity index (χ1n) is 15.8. The molecule has 1 aliphatic heterocycles. The number of ether oxygens (including phenoxy) is 1. The molecule has 0 radical (unpaired) electrons. The van der Waals surface area contributed by atoms with Gasteiger partial charge in [-0.25, -0.2) is 4.98 Å². The van der Waals surface area contributed by atoms with Crippen LogP contribution in [0, 0.1) is 5.92 Å². The van der Waals surface area contributed by atoms with Crippen LogP contribution >= 0.6 is 7.60 Å². The SMILES string of the molecule is CCOP(=O)(Cc1ccc(Nc2ncc(C(F)(F)F)c(Nc3ccc(C4CCC(C)CC4)c4c3C(=O)N(C)C4)n2)c(OC)c1)OCC. The van der Waals surface area contributed by atoms with Crippen LogP contribution in [0.15, 0.2) is 36.5 Å². The first-order chi connectivity index (χ1) is 22.4. The molecule has 1 amide bonds. The van der Waals surface area contributed by atoms with Gasteiger partial charge in [0.05, 0.1) is 43.4 Å². The Bertz CT molecular complexity index is 1650. The highest BCUT2D eigenvalue weighted by atomic mass is 31.2. The number of fused-ring (bicyclic) bond motifs is 1. The quantitative estimate of drug-likeness (QED) is 0.182. The van der Waals surface area contributed by atoms with Gasteiger partial charge in [-0.1, -0.05) is 31.9 Å². The van der Waals surface area contributed by atoms with Gasteiger partial charge in [-0.05, 0) is 73.4 Å². The van der Waals surface area contributed by atoms with Gasteiger partial charge < -0.3 is 29.3 Å².